The van der Waals surface area contributed by atoms with Gasteiger partial charge in [-0.25, -0.2) is 4.98 Å². The number of thiazole rings is 1. The van der Waals surface area contributed by atoms with E-state index in [2.05, 4.69) is 40.2 Å². The molecule has 1 N–H and O–H groups in total. The minimum Gasteiger partial charge on any atom is -0.355 e. The summed E-state index contributed by atoms with van der Waals surface area (Å²) in [6.45, 7) is 4.16. The van der Waals surface area contributed by atoms with Crippen LogP contribution in [-0.4, -0.2) is 29.0 Å². The number of hydrogen-bond acceptors (Lipinski definition) is 4. The van der Waals surface area contributed by atoms with Gasteiger partial charge in [0.1, 0.15) is 0 Å². The molecule has 4 nitrogen and oxygen atoms in total. The number of nitrogens with one attached hydrogen (secondary N) is 1. The lowest BCUT2D eigenvalue weighted by atomic mass is 9.92. The highest BCUT2D eigenvalue weighted by Gasteiger charge is 2.26. The molecule has 19 heavy (non-hydrogen) atoms. The fraction of sp³-hybridized carbons (Fsp3) is 0.643. The van der Waals surface area contributed by atoms with E-state index < -0.39 is 0 Å². The molecule has 0 saturated heterocycles. The predicted octanol–water partition coefficient (Wildman–Crippen LogP) is 2.88. The average molecular weight is 278 g/mol. The molecular weight excluding hydrogens is 256 g/mol. The van der Waals surface area contributed by atoms with Gasteiger partial charge in [-0.1, -0.05) is 6.92 Å². The van der Waals surface area contributed by atoms with Gasteiger partial charge in [0.25, 0.3) is 0 Å². The van der Waals surface area contributed by atoms with Crippen molar-refractivity contribution in [3.8, 4) is 0 Å². The van der Waals surface area contributed by atoms with E-state index in [1.165, 1.54) is 37.2 Å². The fourth-order valence-electron chi connectivity index (χ4n) is 2.60. The van der Waals surface area contributed by atoms with Gasteiger partial charge in [-0.2, -0.15) is 0 Å². The number of aromatic nitrogens is 2. The molecule has 0 atom stereocenters. The zero-order chi connectivity index (χ0) is 13.2. The lowest BCUT2D eigenvalue weighted by Gasteiger charge is -2.35. The number of nitrogens with zero attached hydrogens (tertiary/aromatic N) is 3. The molecule has 1 saturated carbocycles. The van der Waals surface area contributed by atoms with E-state index in [0.717, 1.165) is 18.1 Å². The van der Waals surface area contributed by atoms with E-state index in [0.29, 0.717) is 6.04 Å². The monoisotopic (exact) mass is 278 g/mol. The summed E-state index contributed by atoms with van der Waals surface area (Å²) in [4.78, 5) is 8.31. The van der Waals surface area contributed by atoms with Crippen molar-refractivity contribution >= 4 is 22.1 Å². The molecule has 1 aliphatic carbocycles. The summed E-state index contributed by atoms with van der Waals surface area (Å²) in [7, 11) is 2.19. The highest BCUT2D eigenvalue weighted by molar-refractivity contribution is 7.15. The first kappa shape index (κ1) is 12.9. The maximum absolute atomic E-state index is 4.82. The van der Waals surface area contributed by atoms with E-state index in [1.54, 1.807) is 11.3 Å². The summed E-state index contributed by atoms with van der Waals surface area (Å²) in [6.07, 6.45) is 7.28. The van der Waals surface area contributed by atoms with Crippen LogP contribution in [0.3, 0.4) is 0 Å². The van der Waals surface area contributed by atoms with Crippen LogP contribution >= 0.6 is 11.3 Å². The third kappa shape index (κ3) is 2.37. The van der Waals surface area contributed by atoms with Gasteiger partial charge in [-0.15, -0.1) is 11.3 Å². The van der Waals surface area contributed by atoms with E-state index in [1.807, 2.05) is 0 Å². The first-order chi connectivity index (χ1) is 9.31. The van der Waals surface area contributed by atoms with Crippen LogP contribution in [0.15, 0.2) is 11.6 Å². The van der Waals surface area contributed by atoms with Gasteiger partial charge in [-0.3, -0.25) is 4.40 Å². The van der Waals surface area contributed by atoms with Crippen molar-refractivity contribution in [1.82, 2.24) is 14.7 Å². The second-order valence-corrected chi connectivity index (χ2v) is 6.18. The Morgan fingerprint density at radius 1 is 1.53 bits per heavy atom. The van der Waals surface area contributed by atoms with Crippen LogP contribution < -0.4 is 10.2 Å². The smallest absolute Gasteiger partial charge is 0.195 e. The zero-order valence-corrected chi connectivity index (χ0v) is 12.5. The van der Waals surface area contributed by atoms with Crippen LogP contribution in [0.1, 0.15) is 38.3 Å². The van der Waals surface area contributed by atoms with Crippen molar-refractivity contribution in [1.29, 1.82) is 0 Å². The first-order valence-corrected chi connectivity index (χ1v) is 8.07. The van der Waals surface area contributed by atoms with Crippen molar-refractivity contribution < 1.29 is 0 Å². The number of imidazole rings is 1. The Labute approximate surface area is 118 Å². The molecule has 1 fully saturated rings. The van der Waals surface area contributed by atoms with Crippen LogP contribution in [0.4, 0.5) is 5.82 Å². The molecule has 1 aliphatic rings. The van der Waals surface area contributed by atoms with Crippen LogP contribution in [-0.2, 0) is 6.54 Å². The van der Waals surface area contributed by atoms with Gasteiger partial charge in [0.15, 0.2) is 10.8 Å². The van der Waals surface area contributed by atoms with Crippen molar-refractivity contribution in [2.45, 2.75) is 45.2 Å². The topological polar surface area (TPSA) is 32.6 Å². The molecule has 0 bridgehead atoms. The average Bonchev–Trinajstić information content (AvgIpc) is 2.88. The summed E-state index contributed by atoms with van der Waals surface area (Å²) < 4.78 is 2.23. The summed E-state index contributed by atoms with van der Waals surface area (Å²) in [5, 5.41) is 5.62. The molecule has 0 radical (unpaired) electrons. The molecule has 5 heteroatoms. The molecule has 0 spiro atoms. The quantitative estimate of drug-likeness (QED) is 0.825. The Morgan fingerprint density at radius 2 is 2.37 bits per heavy atom. The minimum atomic E-state index is 0.689. The second-order valence-electron chi connectivity index (χ2n) is 5.31. The van der Waals surface area contributed by atoms with E-state index in [-0.39, 0.29) is 0 Å². The Bertz CT molecular complexity index is 541. The third-order valence-electron chi connectivity index (χ3n) is 4.02. The highest BCUT2D eigenvalue weighted by Crippen LogP contribution is 2.31. The fourth-order valence-corrected chi connectivity index (χ4v) is 3.33. The van der Waals surface area contributed by atoms with Crippen LogP contribution in [0, 0.1) is 0 Å². The van der Waals surface area contributed by atoms with E-state index in [9.17, 15) is 0 Å². The number of anilines is 1. The summed E-state index contributed by atoms with van der Waals surface area (Å²) >= 11 is 1.71. The zero-order valence-electron chi connectivity index (χ0n) is 11.7. The Kier molecular flexibility index (Phi) is 3.75. The number of hydrogen-bond donors (Lipinski definition) is 1. The van der Waals surface area contributed by atoms with E-state index >= 15 is 0 Å². The molecule has 3 rings (SSSR count). The van der Waals surface area contributed by atoms with Crippen LogP contribution in [0.5, 0.6) is 0 Å². The van der Waals surface area contributed by atoms with Gasteiger partial charge in [0, 0.05) is 31.2 Å². The van der Waals surface area contributed by atoms with Gasteiger partial charge in [-0.05, 0) is 32.2 Å². The second kappa shape index (κ2) is 5.51. The molecular formula is C14H22N4S. The van der Waals surface area contributed by atoms with Crippen molar-refractivity contribution in [2.24, 2.45) is 0 Å². The summed E-state index contributed by atoms with van der Waals surface area (Å²) in [6, 6.07) is 0.689. The summed E-state index contributed by atoms with van der Waals surface area (Å²) in [5.41, 5.74) is 1.30. The maximum atomic E-state index is 4.82. The lowest BCUT2D eigenvalue weighted by molar-refractivity contribution is 0.398. The predicted molar refractivity (Wildman–Crippen MR) is 81.1 cm³/mol. The highest BCUT2D eigenvalue weighted by atomic mass is 32.1. The lowest BCUT2D eigenvalue weighted by Crippen LogP contribution is -2.38. The molecule has 2 aromatic rings. The van der Waals surface area contributed by atoms with Gasteiger partial charge >= 0.3 is 0 Å². The first-order valence-electron chi connectivity index (χ1n) is 7.19. The largest absolute Gasteiger partial charge is 0.355 e. The molecule has 104 valence electrons. The van der Waals surface area contributed by atoms with Gasteiger partial charge in [0.2, 0.25) is 0 Å². The summed E-state index contributed by atoms with van der Waals surface area (Å²) in [5.74, 6) is 1.17. The molecule has 0 unspecified atom stereocenters. The normalized spacial score (nSPS) is 15.9. The molecule has 0 aromatic carbocycles. The Morgan fingerprint density at radius 3 is 3.05 bits per heavy atom. The molecule has 2 heterocycles. The number of rotatable bonds is 6. The van der Waals surface area contributed by atoms with Crippen molar-refractivity contribution in [2.75, 3.05) is 18.5 Å². The molecule has 0 amide bonds. The van der Waals surface area contributed by atoms with Gasteiger partial charge < -0.3 is 10.2 Å². The Hall–Kier alpha value is -1.07. The number of fused-ring (bicyclic) bond motifs is 1. The molecule has 2 aromatic heterocycles. The van der Waals surface area contributed by atoms with Crippen LogP contribution in [0.2, 0.25) is 0 Å². The van der Waals surface area contributed by atoms with Gasteiger partial charge in [0.05, 0.1) is 5.69 Å². The Balaban J connectivity index is 1.87. The van der Waals surface area contributed by atoms with Crippen LogP contribution in [0.25, 0.3) is 4.96 Å². The van der Waals surface area contributed by atoms with E-state index in [4.69, 9.17) is 4.98 Å². The molecule has 0 aliphatic heterocycles. The standard InChI is InChI=1S/C14H22N4S/c1-3-7-15-10-12-13(17(2)11-5-4-6-11)16-14-18(12)8-9-19-14/h8-9,11,15H,3-7,10H2,1-2H3. The SMILES string of the molecule is CCCNCc1c(N(C)C2CCC2)nc2sccn12. The maximum Gasteiger partial charge on any atom is 0.195 e. The third-order valence-corrected chi connectivity index (χ3v) is 4.77. The van der Waals surface area contributed by atoms with Crippen molar-refractivity contribution in [3.63, 3.8) is 0 Å². The minimum absolute atomic E-state index is 0.689. The van der Waals surface area contributed by atoms with Crippen molar-refractivity contribution in [3.05, 3.63) is 17.3 Å².